The molecule has 0 aliphatic carbocycles. The van der Waals surface area contributed by atoms with Gasteiger partial charge in [-0.2, -0.15) is 0 Å². The van der Waals surface area contributed by atoms with Crippen molar-refractivity contribution in [1.82, 2.24) is 0 Å². The van der Waals surface area contributed by atoms with Crippen molar-refractivity contribution in [3.8, 4) is 0 Å². The van der Waals surface area contributed by atoms with Gasteiger partial charge in [-0.3, -0.25) is 4.79 Å². The van der Waals surface area contributed by atoms with Gasteiger partial charge in [-0.15, -0.1) is 0 Å². The molecule has 0 amide bonds. The third kappa shape index (κ3) is 4.97. The van der Waals surface area contributed by atoms with E-state index in [4.69, 9.17) is 11.6 Å². The molecule has 92 valence electrons. The second-order valence-electron chi connectivity index (χ2n) is 3.12. The summed E-state index contributed by atoms with van der Waals surface area (Å²) >= 11 is 5.72. The van der Waals surface area contributed by atoms with Crippen molar-refractivity contribution in [3.05, 3.63) is 40.9 Å². The molecule has 0 atom stereocenters. The molecule has 1 aromatic rings. The molecule has 0 heterocycles. The van der Waals surface area contributed by atoms with E-state index in [9.17, 15) is 14.7 Å². The first-order valence-corrected chi connectivity index (χ1v) is 5.30. The number of hydrogen-bond acceptors (Lipinski definition) is 4. The molecular weight excluding hydrogens is 251 g/mol. The zero-order valence-electron chi connectivity index (χ0n) is 9.14. The fourth-order valence-corrected chi connectivity index (χ4v) is 1.31. The number of ketones is 1. The van der Waals surface area contributed by atoms with Crippen molar-refractivity contribution >= 4 is 48.0 Å². The van der Waals surface area contributed by atoms with E-state index in [1.807, 2.05) is 0 Å². The number of esters is 1. The number of ether oxygens (including phenoxy) is 1. The van der Waals surface area contributed by atoms with E-state index in [0.29, 0.717) is 10.6 Å². The molecule has 1 N–H and O–H groups in total. The minimum absolute atomic E-state index is 0. The first-order valence-electron chi connectivity index (χ1n) is 4.92. The van der Waals surface area contributed by atoms with Gasteiger partial charge < -0.3 is 9.84 Å². The molecular formula is C12H12ClLiO4. The van der Waals surface area contributed by atoms with Crippen LogP contribution in [0.4, 0.5) is 0 Å². The molecule has 0 unspecified atom stereocenters. The predicted octanol–water partition coefficient (Wildman–Crippen LogP) is 1.72. The van der Waals surface area contributed by atoms with Gasteiger partial charge in [-0.25, -0.2) is 4.79 Å². The van der Waals surface area contributed by atoms with Crippen molar-refractivity contribution in [3.63, 3.8) is 0 Å². The van der Waals surface area contributed by atoms with Crippen LogP contribution in [-0.2, 0) is 14.3 Å². The summed E-state index contributed by atoms with van der Waals surface area (Å²) in [5, 5.41) is 10.0. The Kier molecular flexibility index (Phi) is 7.45. The number of carbonyl (C=O) groups is 2. The average Bonchev–Trinajstić information content (AvgIpc) is 2.29. The predicted molar refractivity (Wildman–Crippen MR) is 70.8 cm³/mol. The second kappa shape index (κ2) is 7.99. The summed E-state index contributed by atoms with van der Waals surface area (Å²) in [6, 6.07) is 6.30. The van der Waals surface area contributed by atoms with Crippen LogP contribution in [0.25, 0.3) is 5.76 Å². The first kappa shape index (κ1) is 16.8. The molecule has 0 aliphatic heterocycles. The van der Waals surface area contributed by atoms with E-state index < -0.39 is 11.8 Å². The molecule has 0 bridgehead atoms. The van der Waals surface area contributed by atoms with Gasteiger partial charge in [0.25, 0.3) is 5.78 Å². The van der Waals surface area contributed by atoms with Crippen LogP contribution in [-0.4, -0.2) is 42.3 Å². The summed E-state index contributed by atoms with van der Waals surface area (Å²) in [4.78, 5) is 22.3. The van der Waals surface area contributed by atoms with E-state index in [1.54, 1.807) is 25.1 Å². The Morgan fingerprint density at radius 1 is 1.44 bits per heavy atom. The van der Waals surface area contributed by atoms with Gasteiger partial charge in [-0.1, -0.05) is 23.7 Å². The Bertz CT molecular complexity index is 471. The number of rotatable bonds is 4. The minimum atomic E-state index is -0.999. The van der Waals surface area contributed by atoms with Crippen molar-refractivity contribution in [2.45, 2.75) is 6.92 Å². The number of aliphatic hydroxyl groups excluding tert-OH is 1. The molecule has 0 aromatic heterocycles. The quantitative estimate of drug-likeness (QED) is 0.295. The Hall–Kier alpha value is -1.21. The molecule has 0 radical (unpaired) electrons. The van der Waals surface area contributed by atoms with Crippen molar-refractivity contribution in [2.75, 3.05) is 6.61 Å². The van der Waals surface area contributed by atoms with Crippen molar-refractivity contribution in [2.24, 2.45) is 0 Å². The second-order valence-corrected chi connectivity index (χ2v) is 3.56. The topological polar surface area (TPSA) is 63.6 Å². The molecule has 4 nitrogen and oxygen atoms in total. The summed E-state index contributed by atoms with van der Waals surface area (Å²) in [6.45, 7) is 1.70. The molecule has 1 rings (SSSR count). The first-order chi connectivity index (χ1) is 8.04. The molecule has 0 saturated heterocycles. The summed E-state index contributed by atoms with van der Waals surface area (Å²) in [7, 11) is 0. The molecule has 18 heavy (non-hydrogen) atoms. The molecule has 0 fully saturated rings. The van der Waals surface area contributed by atoms with Gasteiger partial charge in [0.2, 0.25) is 0 Å². The SMILES string of the molecule is CCOC(=O)C(=O)C=C(O)c1cccc(Cl)c1.[LiH]. The number of benzene rings is 1. The van der Waals surface area contributed by atoms with Crippen LogP contribution in [0.1, 0.15) is 12.5 Å². The maximum atomic E-state index is 11.3. The third-order valence-electron chi connectivity index (χ3n) is 1.86. The van der Waals surface area contributed by atoms with E-state index in [2.05, 4.69) is 4.74 Å². The van der Waals surface area contributed by atoms with Gasteiger partial charge >= 0.3 is 24.8 Å². The zero-order valence-corrected chi connectivity index (χ0v) is 9.90. The third-order valence-corrected chi connectivity index (χ3v) is 2.10. The van der Waals surface area contributed by atoms with Crippen LogP contribution >= 0.6 is 11.6 Å². The summed E-state index contributed by atoms with van der Waals surface area (Å²) in [6.07, 6.45) is 0.809. The van der Waals surface area contributed by atoms with Gasteiger partial charge in [0.05, 0.1) is 6.61 Å². The van der Waals surface area contributed by atoms with Gasteiger partial charge in [-0.05, 0) is 19.1 Å². The Morgan fingerprint density at radius 2 is 2.11 bits per heavy atom. The Balaban J connectivity index is 0.00000289. The van der Waals surface area contributed by atoms with Crippen molar-refractivity contribution in [1.29, 1.82) is 0 Å². The number of carbonyl (C=O) groups excluding carboxylic acids is 2. The standard InChI is InChI=1S/C12H11ClO4.Li.H/c1-2-17-12(16)11(15)7-10(14)8-4-3-5-9(13)6-8;;/h3-7,14H,2H2,1H3;;. The fraction of sp³-hybridized carbons (Fsp3) is 0.167. The van der Waals surface area contributed by atoms with E-state index >= 15 is 0 Å². The summed E-state index contributed by atoms with van der Waals surface area (Å²) in [5.74, 6) is -2.24. The van der Waals surface area contributed by atoms with Crippen molar-refractivity contribution < 1.29 is 19.4 Å². The van der Waals surface area contributed by atoms with Crippen LogP contribution in [0.3, 0.4) is 0 Å². The Morgan fingerprint density at radius 3 is 2.67 bits per heavy atom. The zero-order chi connectivity index (χ0) is 12.8. The van der Waals surface area contributed by atoms with E-state index in [1.165, 1.54) is 6.07 Å². The van der Waals surface area contributed by atoms with Crippen LogP contribution in [0, 0.1) is 0 Å². The van der Waals surface area contributed by atoms with Gasteiger partial charge in [0, 0.05) is 16.7 Å². The Labute approximate surface area is 122 Å². The van der Waals surface area contributed by atoms with E-state index in [0.717, 1.165) is 6.08 Å². The maximum absolute atomic E-state index is 11.3. The van der Waals surface area contributed by atoms with Gasteiger partial charge in [0.15, 0.2) is 0 Å². The number of aliphatic hydroxyl groups is 1. The van der Waals surface area contributed by atoms with Crippen LogP contribution in [0.5, 0.6) is 0 Å². The summed E-state index contributed by atoms with van der Waals surface area (Å²) in [5.41, 5.74) is 0.357. The number of halogens is 1. The van der Waals surface area contributed by atoms with Crippen LogP contribution in [0.15, 0.2) is 30.3 Å². The molecule has 0 aliphatic rings. The van der Waals surface area contributed by atoms with E-state index in [-0.39, 0.29) is 31.2 Å². The molecule has 0 spiro atoms. The van der Waals surface area contributed by atoms with Crippen LogP contribution < -0.4 is 0 Å². The average molecular weight is 263 g/mol. The van der Waals surface area contributed by atoms with Crippen LogP contribution in [0.2, 0.25) is 5.02 Å². The number of hydrogen-bond donors (Lipinski definition) is 1. The fourth-order valence-electron chi connectivity index (χ4n) is 1.12. The molecule has 0 saturated carbocycles. The normalized spacial score (nSPS) is 10.4. The van der Waals surface area contributed by atoms with Gasteiger partial charge in [0.1, 0.15) is 5.76 Å². The monoisotopic (exact) mass is 262 g/mol. The summed E-state index contributed by atoms with van der Waals surface area (Å²) < 4.78 is 4.49. The molecule has 6 heteroatoms. The molecule has 1 aromatic carbocycles.